The molecule has 0 fully saturated rings. The number of fused-ring (bicyclic) bond motifs is 1. The molecule has 0 atom stereocenters. The molecule has 10 heteroatoms. The van der Waals surface area contributed by atoms with Gasteiger partial charge in [0, 0.05) is 30.2 Å². The summed E-state index contributed by atoms with van der Waals surface area (Å²) in [6.07, 6.45) is -2.90. The van der Waals surface area contributed by atoms with Crippen LogP contribution in [0.5, 0.6) is 0 Å². The molecular formula is C14H16F3N7. The summed E-state index contributed by atoms with van der Waals surface area (Å²) in [7, 11) is 3.89. The Morgan fingerprint density at radius 1 is 1.25 bits per heavy atom. The highest BCUT2D eigenvalue weighted by molar-refractivity contribution is 5.92. The highest BCUT2D eigenvalue weighted by atomic mass is 19.4. The number of anilines is 1. The highest BCUT2D eigenvalue weighted by Gasteiger charge is 2.35. The maximum absolute atomic E-state index is 12.7. The first-order valence-corrected chi connectivity index (χ1v) is 7.21. The summed E-state index contributed by atoms with van der Waals surface area (Å²) in [4.78, 5) is 12.9. The number of H-pyrrole nitrogens is 2. The van der Waals surface area contributed by atoms with Crippen molar-refractivity contribution in [1.82, 2.24) is 30.0 Å². The Hall–Kier alpha value is -2.62. The molecule has 0 saturated heterocycles. The van der Waals surface area contributed by atoms with Gasteiger partial charge in [0.1, 0.15) is 11.5 Å². The van der Waals surface area contributed by atoms with Crippen LogP contribution in [0.1, 0.15) is 5.82 Å². The molecule has 0 aliphatic heterocycles. The van der Waals surface area contributed by atoms with Crippen LogP contribution in [0.15, 0.2) is 18.3 Å². The predicted molar refractivity (Wildman–Crippen MR) is 83.5 cm³/mol. The zero-order valence-corrected chi connectivity index (χ0v) is 13.1. The van der Waals surface area contributed by atoms with E-state index in [0.29, 0.717) is 29.0 Å². The van der Waals surface area contributed by atoms with E-state index in [9.17, 15) is 13.2 Å². The van der Waals surface area contributed by atoms with Gasteiger partial charge in [0.05, 0.1) is 0 Å². The Morgan fingerprint density at radius 2 is 2.04 bits per heavy atom. The van der Waals surface area contributed by atoms with Crippen molar-refractivity contribution < 1.29 is 13.2 Å². The minimum absolute atomic E-state index is 0.0232. The molecule has 24 heavy (non-hydrogen) atoms. The van der Waals surface area contributed by atoms with E-state index in [1.54, 1.807) is 18.3 Å². The second kappa shape index (κ2) is 6.11. The van der Waals surface area contributed by atoms with Gasteiger partial charge in [-0.05, 0) is 26.2 Å². The first-order chi connectivity index (χ1) is 11.3. The Kier molecular flexibility index (Phi) is 4.14. The van der Waals surface area contributed by atoms with Gasteiger partial charge in [0.15, 0.2) is 5.82 Å². The van der Waals surface area contributed by atoms with Crippen LogP contribution < -0.4 is 5.32 Å². The van der Waals surface area contributed by atoms with Crippen molar-refractivity contribution in [3.8, 4) is 11.4 Å². The van der Waals surface area contributed by atoms with Gasteiger partial charge in [0.2, 0.25) is 5.82 Å². The first-order valence-electron chi connectivity index (χ1n) is 7.21. The maximum Gasteiger partial charge on any atom is 0.451 e. The van der Waals surface area contributed by atoms with Crippen LogP contribution in [0.3, 0.4) is 0 Å². The molecule has 3 rings (SSSR count). The van der Waals surface area contributed by atoms with E-state index in [4.69, 9.17) is 0 Å². The summed E-state index contributed by atoms with van der Waals surface area (Å²) in [6.45, 7) is 1.44. The van der Waals surface area contributed by atoms with Crippen molar-refractivity contribution in [3.63, 3.8) is 0 Å². The van der Waals surface area contributed by atoms with Crippen molar-refractivity contribution in [3.05, 3.63) is 24.2 Å². The molecule has 0 radical (unpaired) electrons. The van der Waals surface area contributed by atoms with E-state index in [-0.39, 0.29) is 5.82 Å². The molecule has 3 heterocycles. The number of halogens is 3. The monoisotopic (exact) mass is 339 g/mol. The zero-order chi connectivity index (χ0) is 17.3. The van der Waals surface area contributed by atoms with Gasteiger partial charge in [-0.15, -0.1) is 0 Å². The SMILES string of the molecule is CN(C)CCNc1cc(-c2n[nH]c(C(F)(F)F)n2)c2cc[nH]c2n1. The lowest BCUT2D eigenvalue weighted by Gasteiger charge is -2.11. The number of aromatic nitrogens is 5. The zero-order valence-electron chi connectivity index (χ0n) is 13.1. The minimum Gasteiger partial charge on any atom is -0.369 e. The van der Waals surface area contributed by atoms with Gasteiger partial charge < -0.3 is 15.2 Å². The lowest BCUT2D eigenvalue weighted by molar-refractivity contribution is -0.144. The van der Waals surface area contributed by atoms with E-state index in [0.717, 1.165) is 6.54 Å². The number of rotatable bonds is 5. The number of hydrogen-bond acceptors (Lipinski definition) is 5. The summed E-state index contributed by atoms with van der Waals surface area (Å²) in [5, 5.41) is 9.43. The van der Waals surface area contributed by atoms with Gasteiger partial charge in [-0.2, -0.15) is 18.3 Å². The third-order valence-corrected chi connectivity index (χ3v) is 3.39. The van der Waals surface area contributed by atoms with Gasteiger partial charge >= 0.3 is 6.18 Å². The summed E-state index contributed by atoms with van der Waals surface area (Å²) in [5.74, 6) is -0.606. The van der Waals surface area contributed by atoms with Gasteiger partial charge in [-0.25, -0.2) is 9.97 Å². The smallest absolute Gasteiger partial charge is 0.369 e. The van der Waals surface area contributed by atoms with Crippen molar-refractivity contribution in [2.75, 3.05) is 32.5 Å². The number of hydrogen-bond donors (Lipinski definition) is 3. The molecule has 0 unspecified atom stereocenters. The minimum atomic E-state index is -4.57. The van der Waals surface area contributed by atoms with E-state index in [2.05, 4.69) is 25.4 Å². The third kappa shape index (κ3) is 3.32. The number of nitrogens with one attached hydrogen (secondary N) is 3. The van der Waals surface area contributed by atoms with Crippen molar-refractivity contribution in [2.24, 2.45) is 0 Å². The van der Waals surface area contributed by atoms with Crippen molar-refractivity contribution >= 4 is 16.9 Å². The summed E-state index contributed by atoms with van der Waals surface area (Å²) in [5.41, 5.74) is 1.03. The summed E-state index contributed by atoms with van der Waals surface area (Å²) < 4.78 is 38.2. The van der Waals surface area contributed by atoms with Crippen LogP contribution in [-0.2, 0) is 6.18 Å². The molecule has 0 amide bonds. The van der Waals surface area contributed by atoms with Crippen LogP contribution >= 0.6 is 0 Å². The lowest BCUT2D eigenvalue weighted by atomic mass is 10.1. The molecule has 3 aromatic rings. The Balaban J connectivity index is 1.97. The fraction of sp³-hybridized carbons (Fsp3) is 0.357. The normalized spacial score (nSPS) is 12.2. The average molecular weight is 339 g/mol. The maximum atomic E-state index is 12.7. The number of pyridine rings is 1. The number of alkyl halides is 3. The van der Waals surface area contributed by atoms with E-state index < -0.39 is 12.0 Å². The molecule has 3 aromatic heterocycles. The first kappa shape index (κ1) is 16.2. The molecule has 3 N–H and O–H groups in total. The second-order valence-corrected chi connectivity index (χ2v) is 5.53. The summed E-state index contributed by atoms with van der Waals surface area (Å²) in [6, 6.07) is 3.38. The highest BCUT2D eigenvalue weighted by Crippen LogP contribution is 2.31. The largest absolute Gasteiger partial charge is 0.451 e. The third-order valence-electron chi connectivity index (χ3n) is 3.39. The van der Waals surface area contributed by atoms with Gasteiger partial charge in [0.25, 0.3) is 0 Å². The van der Waals surface area contributed by atoms with Crippen LogP contribution in [0.4, 0.5) is 19.0 Å². The Morgan fingerprint density at radius 3 is 2.71 bits per heavy atom. The molecule has 7 nitrogen and oxygen atoms in total. The molecule has 0 saturated carbocycles. The summed E-state index contributed by atoms with van der Waals surface area (Å²) >= 11 is 0. The molecule has 0 aliphatic rings. The van der Waals surface area contributed by atoms with E-state index >= 15 is 0 Å². The van der Waals surface area contributed by atoms with Crippen LogP contribution in [0, 0.1) is 0 Å². The number of nitrogens with zero attached hydrogens (tertiary/aromatic N) is 4. The Bertz CT molecular complexity index is 834. The Labute approximate surface area is 135 Å². The standard InChI is InChI=1S/C14H16F3N7/c1-24(2)6-5-18-10-7-9(8-3-4-19-11(8)20-10)12-21-13(23-22-12)14(15,16)17/h3-4,7H,5-6H2,1-2H3,(H2,18,19,20)(H,21,22,23). The topological polar surface area (TPSA) is 85.5 Å². The van der Waals surface area contributed by atoms with E-state index in [1.165, 1.54) is 0 Å². The van der Waals surface area contributed by atoms with Crippen LogP contribution in [0.25, 0.3) is 22.4 Å². The fourth-order valence-electron chi connectivity index (χ4n) is 2.23. The molecule has 0 aromatic carbocycles. The molecule has 0 bridgehead atoms. The van der Waals surface area contributed by atoms with Crippen LogP contribution in [0.2, 0.25) is 0 Å². The van der Waals surface area contributed by atoms with Crippen molar-refractivity contribution in [2.45, 2.75) is 6.18 Å². The quantitative estimate of drug-likeness (QED) is 0.664. The second-order valence-electron chi connectivity index (χ2n) is 5.53. The van der Waals surface area contributed by atoms with Gasteiger partial charge in [-0.3, -0.25) is 5.10 Å². The fourth-order valence-corrected chi connectivity index (χ4v) is 2.23. The molecular weight excluding hydrogens is 323 g/mol. The lowest BCUT2D eigenvalue weighted by Crippen LogP contribution is -2.21. The van der Waals surface area contributed by atoms with Gasteiger partial charge in [-0.1, -0.05) is 0 Å². The predicted octanol–water partition coefficient (Wildman–Crippen LogP) is 2.34. The molecule has 128 valence electrons. The van der Waals surface area contributed by atoms with Crippen molar-refractivity contribution in [1.29, 1.82) is 0 Å². The van der Waals surface area contributed by atoms with E-state index in [1.807, 2.05) is 24.1 Å². The van der Waals surface area contributed by atoms with Crippen LogP contribution in [-0.4, -0.2) is 57.2 Å². The number of likely N-dealkylation sites (N-methyl/N-ethyl adjacent to an activating group) is 1. The average Bonchev–Trinajstić information content (AvgIpc) is 3.14. The molecule has 0 spiro atoms. The molecule has 0 aliphatic carbocycles. The number of aromatic amines is 2.